The van der Waals surface area contributed by atoms with Crippen molar-refractivity contribution in [3.8, 4) is 67.5 Å². The third-order valence-electron chi connectivity index (χ3n) is 10.8. The third-order valence-corrected chi connectivity index (χ3v) is 10.8. The highest BCUT2D eigenvalue weighted by atomic mass is 16.3. The smallest absolute Gasteiger partial charge is 0.160 e. The summed E-state index contributed by atoms with van der Waals surface area (Å²) in [6.07, 6.45) is 0. The molecule has 8 aromatic carbocycles. The molecule has 0 atom stereocenters. The maximum absolute atomic E-state index is 6.78. The van der Waals surface area contributed by atoms with Crippen LogP contribution in [0.1, 0.15) is 0 Å². The fourth-order valence-corrected chi connectivity index (χ4v) is 8.19. The molecule has 0 aliphatic carbocycles. The molecule has 0 N–H and O–H groups in total. The van der Waals surface area contributed by atoms with Gasteiger partial charge in [0.25, 0.3) is 0 Å². The van der Waals surface area contributed by atoms with Gasteiger partial charge in [-0.1, -0.05) is 158 Å². The number of anilines is 3. The molecule has 0 bridgehead atoms. The minimum Gasteiger partial charge on any atom is -0.455 e. The number of nitrogens with zero attached hydrogens (tertiary/aromatic N) is 3. The first-order valence-corrected chi connectivity index (χ1v) is 18.9. The van der Waals surface area contributed by atoms with E-state index in [-0.39, 0.29) is 0 Å². The van der Waals surface area contributed by atoms with E-state index in [1.165, 1.54) is 21.9 Å². The summed E-state index contributed by atoms with van der Waals surface area (Å²) < 4.78 is 6.78. The Hall–Kier alpha value is -7.56. The molecule has 10 aromatic rings. The predicted octanol–water partition coefficient (Wildman–Crippen LogP) is 14.2. The zero-order valence-electron chi connectivity index (χ0n) is 30.3. The summed E-state index contributed by atoms with van der Waals surface area (Å²) in [5.41, 5.74) is 14.4. The zero-order valence-corrected chi connectivity index (χ0v) is 30.3. The summed E-state index contributed by atoms with van der Waals surface area (Å²) in [5.74, 6) is 1.56. The molecule has 3 heterocycles. The summed E-state index contributed by atoms with van der Waals surface area (Å²) in [7, 11) is 0. The van der Waals surface area contributed by atoms with Crippen LogP contribution in [-0.2, 0) is 0 Å². The minimum atomic E-state index is 0.684. The van der Waals surface area contributed by atoms with Gasteiger partial charge in [0.15, 0.2) is 5.82 Å². The normalized spacial score (nSPS) is 11.9. The molecule has 1 aliphatic heterocycles. The van der Waals surface area contributed by atoms with E-state index in [1.54, 1.807) is 0 Å². The summed E-state index contributed by atoms with van der Waals surface area (Å²) in [6, 6.07) is 70.2. The first kappa shape index (κ1) is 31.9. The predicted molar refractivity (Wildman–Crippen MR) is 230 cm³/mol. The van der Waals surface area contributed by atoms with Gasteiger partial charge in [0, 0.05) is 44.5 Å². The van der Waals surface area contributed by atoms with Gasteiger partial charge in [-0.15, -0.1) is 0 Å². The number of rotatable bonds is 5. The molecule has 11 rings (SSSR count). The monoisotopic (exact) mass is 715 g/mol. The van der Waals surface area contributed by atoms with Crippen molar-refractivity contribution in [2.24, 2.45) is 0 Å². The van der Waals surface area contributed by atoms with Gasteiger partial charge in [0.1, 0.15) is 11.3 Å². The second-order valence-electron chi connectivity index (χ2n) is 14.2. The van der Waals surface area contributed by atoms with Crippen molar-refractivity contribution >= 4 is 38.8 Å². The van der Waals surface area contributed by atoms with Crippen molar-refractivity contribution in [2.45, 2.75) is 0 Å². The van der Waals surface area contributed by atoms with Gasteiger partial charge in [0.2, 0.25) is 0 Å². The Morgan fingerprint density at radius 2 is 1.02 bits per heavy atom. The van der Waals surface area contributed by atoms with E-state index in [0.29, 0.717) is 5.82 Å². The number of aromatic nitrogens is 2. The van der Waals surface area contributed by atoms with E-state index in [2.05, 4.69) is 175 Å². The van der Waals surface area contributed by atoms with E-state index in [9.17, 15) is 0 Å². The lowest BCUT2D eigenvalue weighted by molar-refractivity contribution is 0.633. The first-order valence-electron chi connectivity index (χ1n) is 18.9. The van der Waals surface area contributed by atoms with Crippen molar-refractivity contribution < 1.29 is 4.42 Å². The lowest BCUT2D eigenvalue weighted by Gasteiger charge is -2.28. The van der Waals surface area contributed by atoms with Crippen LogP contribution in [0.3, 0.4) is 0 Å². The SMILES string of the molecule is c1ccc(-c2ccc(-c3cc(-c4cccc(N5c6ccccc6-c6oc7ccccc7c6-c6c5ccc5ccccc65)c4)nc(-c4ccccc4)n3)cc2)cc1. The summed E-state index contributed by atoms with van der Waals surface area (Å²) in [5, 5.41) is 3.46. The molecule has 0 saturated heterocycles. The Labute approximate surface area is 324 Å². The first-order chi connectivity index (χ1) is 27.8. The fourth-order valence-electron chi connectivity index (χ4n) is 8.19. The van der Waals surface area contributed by atoms with Gasteiger partial charge in [-0.25, -0.2) is 9.97 Å². The Balaban J connectivity index is 1.10. The molecule has 4 nitrogen and oxygen atoms in total. The van der Waals surface area contributed by atoms with Gasteiger partial charge in [-0.05, 0) is 64.4 Å². The maximum atomic E-state index is 6.78. The average molecular weight is 716 g/mol. The lowest BCUT2D eigenvalue weighted by atomic mass is 9.93. The molecule has 262 valence electrons. The Morgan fingerprint density at radius 1 is 0.393 bits per heavy atom. The van der Waals surface area contributed by atoms with Crippen LogP contribution < -0.4 is 4.90 Å². The van der Waals surface area contributed by atoms with Crippen molar-refractivity contribution in [1.82, 2.24) is 9.97 Å². The summed E-state index contributed by atoms with van der Waals surface area (Å²) >= 11 is 0. The summed E-state index contributed by atoms with van der Waals surface area (Å²) in [4.78, 5) is 12.7. The van der Waals surface area contributed by atoms with E-state index in [0.717, 1.165) is 78.6 Å². The van der Waals surface area contributed by atoms with Crippen molar-refractivity contribution in [1.29, 1.82) is 0 Å². The van der Waals surface area contributed by atoms with Crippen LogP contribution in [0, 0.1) is 0 Å². The Kier molecular flexibility index (Phi) is 7.46. The number of benzene rings is 8. The van der Waals surface area contributed by atoms with Crippen LogP contribution >= 0.6 is 0 Å². The molecule has 56 heavy (non-hydrogen) atoms. The molecule has 0 radical (unpaired) electrons. The Morgan fingerprint density at radius 3 is 1.84 bits per heavy atom. The molecular formula is C52H33N3O. The van der Waals surface area contributed by atoms with E-state index in [1.807, 2.05) is 30.3 Å². The lowest BCUT2D eigenvalue weighted by Crippen LogP contribution is -2.11. The molecular weight excluding hydrogens is 683 g/mol. The third kappa shape index (κ3) is 5.31. The van der Waals surface area contributed by atoms with Gasteiger partial charge >= 0.3 is 0 Å². The van der Waals surface area contributed by atoms with E-state index >= 15 is 0 Å². The molecule has 0 fully saturated rings. The fraction of sp³-hybridized carbons (Fsp3) is 0. The second-order valence-corrected chi connectivity index (χ2v) is 14.2. The second kappa shape index (κ2) is 13.1. The molecule has 2 aromatic heterocycles. The number of fused-ring (bicyclic) bond motifs is 9. The van der Waals surface area contributed by atoms with Crippen molar-refractivity contribution in [3.63, 3.8) is 0 Å². The van der Waals surface area contributed by atoms with E-state index in [4.69, 9.17) is 14.4 Å². The van der Waals surface area contributed by atoms with Crippen LogP contribution in [0.2, 0.25) is 0 Å². The minimum absolute atomic E-state index is 0.684. The van der Waals surface area contributed by atoms with Crippen LogP contribution in [-0.4, -0.2) is 9.97 Å². The number of para-hydroxylation sites is 2. The molecule has 0 spiro atoms. The number of hydrogen-bond donors (Lipinski definition) is 0. The van der Waals surface area contributed by atoms with Crippen LogP contribution in [0.4, 0.5) is 17.1 Å². The Bertz CT molecular complexity index is 3080. The molecule has 0 unspecified atom stereocenters. The highest BCUT2D eigenvalue weighted by Crippen LogP contribution is 2.55. The van der Waals surface area contributed by atoms with Crippen LogP contribution in [0.25, 0.3) is 89.2 Å². The molecule has 0 amide bonds. The molecule has 4 heteroatoms. The zero-order chi connectivity index (χ0) is 37.0. The van der Waals surface area contributed by atoms with Crippen molar-refractivity contribution in [3.05, 3.63) is 200 Å². The highest BCUT2D eigenvalue weighted by Gasteiger charge is 2.31. The van der Waals surface area contributed by atoms with Gasteiger partial charge in [0.05, 0.1) is 22.8 Å². The highest BCUT2D eigenvalue weighted by molar-refractivity contribution is 6.17. The summed E-state index contributed by atoms with van der Waals surface area (Å²) in [6.45, 7) is 0. The molecule has 0 saturated carbocycles. The standard InChI is InChI=1S/C52H33N3O/c1-3-14-34(15-4-1)35-26-28-37(29-27-35)44-33-45(54-52(53-44)38-17-5-2-6-18-38)39-19-13-20-40(32-39)55-46-24-11-9-22-42(46)51-50(43-23-10-12-25-48(43)56-51)49-41-21-8-7-16-36(41)30-31-47(49)55/h1-33H. The maximum Gasteiger partial charge on any atom is 0.160 e. The van der Waals surface area contributed by atoms with Crippen LogP contribution in [0.15, 0.2) is 205 Å². The topological polar surface area (TPSA) is 42.2 Å². The van der Waals surface area contributed by atoms with E-state index < -0.39 is 0 Å². The quantitative estimate of drug-likeness (QED) is 0.178. The largest absolute Gasteiger partial charge is 0.455 e. The van der Waals surface area contributed by atoms with Gasteiger partial charge in [-0.2, -0.15) is 0 Å². The number of furan rings is 1. The number of hydrogen-bond acceptors (Lipinski definition) is 4. The average Bonchev–Trinajstić information content (AvgIpc) is 3.60. The van der Waals surface area contributed by atoms with Crippen LogP contribution in [0.5, 0.6) is 0 Å². The molecule has 1 aliphatic rings. The van der Waals surface area contributed by atoms with Gasteiger partial charge < -0.3 is 9.32 Å². The van der Waals surface area contributed by atoms with Crippen molar-refractivity contribution in [2.75, 3.05) is 4.90 Å². The van der Waals surface area contributed by atoms with Gasteiger partial charge in [-0.3, -0.25) is 0 Å².